The maximum atomic E-state index is 13.5. The first kappa shape index (κ1) is 28.8. The van der Waals surface area contributed by atoms with Gasteiger partial charge in [0.2, 0.25) is 5.88 Å². The Labute approximate surface area is 245 Å². The van der Waals surface area contributed by atoms with Gasteiger partial charge in [-0.15, -0.1) is 0 Å². The van der Waals surface area contributed by atoms with Crippen molar-refractivity contribution < 1.29 is 23.0 Å². The minimum Gasteiger partial charge on any atom is -0.474 e. The number of nitrogens with zero attached hydrogens (tertiary/aromatic N) is 7. The van der Waals surface area contributed by atoms with Crippen molar-refractivity contribution >= 4 is 11.0 Å². The highest BCUT2D eigenvalue weighted by molar-refractivity contribution is 5.90. The summed E-state index contributed by atoms with van der Waals surface area (Å²) in [6, 6.07) is 6.52. The maximum absolute atomic E-state index is 13.5. The summed E-state index contributed by atoms with van der Waals surface area (Å²) < 4.78 is 48.2. The highest BCUT2D eigenvalue weighted by atomic mass is 19.4. The number of ether oxygens (including phenoxy) is 1. The van der Waals surface area contributed by atoms with Crippen LogP contribution in [-0.2, 0) is 17.3 Å². The summed E-state index contributed by atoms with van der Waals surface area (Å²) in [6.07, 6.45) is 8.27. The molecule has 1 aliphatic heterocycles. The van der Waals surface area contributed by atoms with Gasteiger partial charge in [0.05, 0.1) is 29.1 Å². The molecule has 0 atom stereocenters. The fourth-order valence-electron chi connectivity index (χ4n) is 5.99. The molecule has 0 unspecified atom stereocenters. The molecule has 224 valence electrons. The van der Waals surface area contributed by atoms with Gasteiger partial charge in [-0.3, -0.25) is 9.58 Å². The summed E-state index contributed by atoms with van der Waals surface area (Å²) in [5.74, 6) is -0.134. The van der Waals surface area contributed by atoms with Crippen LogP contribution in [0.15, 0.2) is 55.3 Å². The number of piperidine rings is 1. The van der Waals surface area contributed by atoms with Crippen molar-refractivity contribution in [1.29, 1.82) is 5.26 Å². The van der Waals surface area contributed by atoms with Crippen molar-refractivity contribution in [3.05, 3.63) is 66.5 Å². The van der Waals surface area contributed by atoms with Crippen molar-refractivity contribution in [3.8, 4) is 23.2 Å². The number of rotatable bonds is 7. The number of pyridine rings is 1. The molecule has 10 nitrogen and oxygen atoms in total. The molecule has 2 fully saturated rings. The number of aromatic nitrogens is 6. The number of aromatic amines is 1. The Hall–Kier alpha value is -4.28. The monoisotopic (exact) mass is 592 g/mol. The second kappa shape index (κ2) is 10.8. The van der Waals surface area contributed by atoms with E-state index in [0.29, 0.717) is 25.9 Å². The number of hydrogen-bond donors (Lipinski definition) is 2. The van der Waals surface area contributed by atoms with Gasteiger partial charge in [-0.25, -0.2) is 15.0 Å². The highest BCUT2D eigenvalue weighted by Gasteiger charge is 2.48. The zero-order valence-corrected chi connectivity index (χ0v) is 23.7. The molecule has 2 N–H and O–H groups in total. The fourth-order valence-corrected chi connectivity index (χ4v) is 5.99. The molecule has 0 aromatic carbocycles. The summed E-state index contributed by atoms with van der Waals surface area (Å²) in [6.45, 7) is 4.27. The average Bonchev–Trinajstić information content (AvgIpc) is 3.63. The SMILES string of the molecule is CC(C)(O)c1cc(OC2CCN(C3CC(C=CC#N)(n4cc(-c5ncnc6[nH]ccc56)cn4)C3)CC2)nc(C(F)(F)F)c1. The van der Waals surface area contributed by atoms with E-state index in [-0.39, 0.29) is 23.6 Å². The summed E-state index contributed by atoms with van der Waals surface area (Å²) >= 11 is 0. The number of H-pyrrole nitrogens is 1. The van der Waals surface area contributed by atoms with Crippen LogP contribution in [0.3, 0.4) is 0 Å². The molecular weight excluding hydrogens is 561 g/mol. The Kier molecular flexibility index (Phi) is 7.22. The predicted octanol–water partition coefficient (Wildman–Crippen LogP) is 4.94. The van der Waals surface area contributed by atoms with E-state index in [2.05, 4.69) is 36.0 Å². The van der Waals surface area contributed by atoms with E-state index in [1.165, 1.54) is 32.3 Å². The highest BCUT2D eigenvalue weighted by Crippen LogP contribution is 2.45. The van der Waals surface area contributed by atoms with Crippen LogP contribution in [0, 0.1) is 11.3 Å². The maximum Gasteiger partial charge on any atom is 0.433 e. The molecule has 1 aliphatic carbocycles. The second-order valence-electron chi connectivity index (χ2n) is 11.8. The Morgan fingerprint density at radius 1 is 1.19 bits per heavy atom. The first-order valence-electron chi connectivity index (χ1n) is 14.1. The number of nitriles is 1. The molecule has 6 rings (SSSR count). The van der Waals surface area contributed by atoms with Gasteiger partial charge in [-0.1, -0.05) is 0 Å². The zero-order valence-electron chi connectivity index (χ0n) is 23.7. The van der Waals surface area contributed by atoms with Gasteiger partial charge in [0.25, 0.3) is 0 Å². The van der Waals surface area contributed by atoms with E-state index in [0.717, 1.165) is 41.2 Å². The second-order valence-corrected chi connectivity index (χ2v) is 11.8. The number of alkyl halides is 3. The minimum absolute atomic E-state index is 0.0949. The Balaban J connectivity index is 1.12. The van der Waals surface area contributed by atoms with E-state index >= 15 is 0 Å². The fraction of sp³-hybridized carbons (Fsp3) is 0.433. The molecule has 1 saturated heterocycles. The van der Waals surface area contributed by atoms with Gasteiger partial charge in [0.15, 0.2) is 0 Å². The Morgan fingerprint density at radius 2 is 1.95 bits per heavy atom. The molecule has 0 amide bonds. The number of fused-ring (bicyclic) bond motifs is 1. The first-order valence-corrected chi connectivity index (χ1v) is 14.1. The standard InChI is InChI=1S/C30H31F3N8O2/c1-28(2,42)20-12-24(30(31,32)33)39-25(13-20)43-22-5-10-40(11-6-22)21-14-29(15-21,7-3-8-34)41-17-19(16-38-41)26-23-4-9-35-27(23)37-18-36-26/h3-4,7,9,12-13,16-18,21-22,42H,5-6,10-11,14-15H2,1-2H3,(H,35,36,37). The van der Waals surface area contributed by atoms with Crippen molar-refractivity contribution in [2.24, 2.45) is 0 Å². The van der Waals surface area contributed by atoms with Crippen LogP contribution >= 0.6 is 0 Å². The quantitative estimate of drug-likeness (QED) is 0.289. The van der Waals surface area contributed by atoms with Crippen LogP contribution in [-0.4, -0.2) is 65.0 Å². The lowest BCUT2D eigenvalue weighted by molar-refractivity contribution is -0.141. The van der Waals surface area contributed by atoms with Crippen molar-refractivity contribution in [3.63, 3.8) is 0 Å². The van der Waals surface area contributed by atoms with E-state index in [1.807, 2.05) is 29.2 Å². The van der Waals surface area contributed by atoms with Gasteiger partial charge < -0.3 is 14.8 Å². The van der Waals surface area contributed by atoms with Crippen LogP contribution in [0.2, 0.25) is 0 Å². The van der Waals surface area contributed by atoms with E-state index in [4.69, 9.17) is 4.74 Å². The van der Waals surface area contributed by atoms with Gasteiger partial charge in [-0.05, 0) is 63.3 Å². The summed E-state index contributed by atoms with van der Waals surface area (Å²) in [5.41, 5.74) is -0.540. The lowest BCUT2D eigenvalue weighted by Gasteiger charge is -2.51. The predicted molar refractivity (Wildman–Crippen MR) is 151 cm³/mol. The molecule has 5 heterocycles. The number of nitrogens with one attached hydrogen (secondary N) is 1. The number of halogens is 3. The first-order chi connectivity index (χ1) is 20.4. The van der Waals surface area contributed by atoms with Crippen LogP contribution in [0.5, 0.6) is 5.88 Å². The number of allylic oxidation sites excluding steroid dienone is 2. The molecule has 2 aliphatic rings. The van der Waals surface area contributed by atoms with Gasteiger partial charge in [-0.2, -0.15) is 23.5 Å². The third-order valence-electron chi connectivity index (χ3n) is 8.39. The van der Waals surface area contributed by atoms with Gasteiger partial charge >= 0.3 is 6.18 Å². The van der Waals surface area contributed by atoms with Gasteiger partial charge in [0.1, 0.15) is 23.8 Å². The summed E-state index contributed by atoms with van der Waals surface area (Å²) in [5, 5.41) is 25.1. The van der Waals surface area contributed by atoms with Crippen LogP contribution in [0.1, 0.15) is 50.8 Å². The smallest absolute Gasteiger partial charge is 0.433 e. The van der Waals surface area contributed by atoms with Crippen LogP contribution < -0.4 is 4.74 Å². The average molecular weight is 593 g/mol. The van der Waals surface area contributed by atoms with E-state index < -0.39 is 23.0 Å². The number of hydrogen-bond acceptors (Lipinski definition) is 8. The van der Waals surface area contributed by atoms with Crippen molar-refractivity contribution in [1.82, 2.24) is 34.6 Å². The molecule has 0 radical (unpaired) electrons. The van der Waals surface area contributed by atoms with Crippen molar-refractivity contribution in [2.75, 3.05) is 13.1 Å². The normalized spacial score (nSPS) is 22.1. The third kappa shape index (κ3) is 5.72. The largest absolute Gasteiger partial charge is 0.474 e. The summed E-state index contributed by atoms with van der Waals surface area (Å²) in [7, 11) is 0. The number of aliphatic hydroxyl groups is 1. The molecule has 13 heteroatoms. The van der Waals surface area contributed by atoms with E-state index in [9.17, 15) is 23.5 Å². The number of likely N-dealkylation sites (tertiary alicyclic amines) is 1. The molecule has 4 aromatic heterocycles. The molecule has 0 bridgehead atoms. The van der Waals surface area contributed by atoms with Crippen LogP contribution in [0.4, 0.5) is 13.2 Å². The Morgan fingerprint density at radius 3 is 2.65 bits per heavy atom. The molecule has 0 spiro atoms. The zero-order chi connectivity index (χ0) is 30.4. The van der Waals surface area contributed by atoms with Gasteiger partial charge in [0, 0.05) is 54.6 Å². The molecule has 1 saturated carbocycles. The Bertz CT molecular complexity index is 1650. The third-order valence-corrected chi connectivity index (χ3v) is 8.39. The molecule has 4 aromatic rings. The molecular formula is C30H31F3N8O2. The topological polar surface area (TPSA) is 129 Å². The summed E-state index contributed by atoms with van der Waals surface area (Å²) in [4.78, 5) is 17.9. The lowest BCUT2D eigenvalue weighted by Crippen LogP contribution is -2.57. The lowest BCUT2D eigenvalue weighted by atomic mass is 9.71. The minimum atomic E-state index is -4.65. The van der Waals surface area contributed by atoms with E-state index in [1.54, 1.807) is 6.20 Å². The van der Waals surface area contributed by atoms with Crippen molar-refractivity contribution in [2.45, 2.75) is 69.0 Å². The van der Waals surface area contributed by atoms with Crippen LogP contribution in [0.25, 0.3) is 22.3 Å². The molecule has 43 heavy (non-hydrogen) atoms.